The maximum atomic E-state index is 11.9. The minimum absolute atomic E-state index is 0. The minimum atomic E-state index is 0. The fraction of sp³-hybridized carbons (Fsp3) is 0.929. The van der Waals surface area contributed by atoms with Crippen LogP contribution in [0.5, 0.6) is 0 Å². The summed E-state index contributed by atoms with van der Waals surface area (Å²) in [7, 11) is 0. The van der Waals surface area contributed by atoms with Crippen molar-refractivity contribution in [2.45, 2.75) is 57.9 Å². The molecule has 1 unspecified atom stereocenters. The van der Waals surface area contributed by atoms with Crippen molar-refractivity contribution < 1.29 is 4.79 Å². The van der Waals surface area contributed by atoms with E-state index in [0.29, 0.717) is 12.0 Å². The van der Waals surface area contributed by atoms with E-state index in [9.17, 15) is 4.79 Å². The first-order chi connectivity index (χ1) is 8.25. The molecule has 0 aromatic carbocycles. The van der Waals surface area contributed by atoms with Gasteiger partial charge < -0.3 is 10.6 Å². The van der Waals surface area contributed by atoms with E-state index in [1.165, 1.54) is 38.5 Å². The molecule has 1 atom stereocenters. The molecule has 2 aliphatic rings. The van der Waals surface area contributed by atoms with Crippen LogP contribution in [-0.4, -0.2) is 25.0 Å². The fourth-order valence-electron chi connectivity index (χ4n) is 3.23. The molecule has 2 N–H and O–H groups in total. The van der Waals surface area contributed by atoms with E-state index in [4.69, 9.17) is 0 Å². The first-order valence-electron chi connectivity index (χ1n) is 7.26. The summed E-state index contributed by atoms with van der Waals surface area (Å²) in [5.74, 6) is 1.56. The molecule has 106 valence electrons. The highest BCUT2D eigenvalue weighted by Gasteiger charge is 2.23. The number of hydrogen-bond donors (Lipinski definition) is 2. The van der Waals surface area contributed by atoms with E-state index in [0.717, 1.165) is 25.4 Å². The van der Waals surface area contributed by atoms with Gasteiger partial charge in [0.1, 0.15) is 0 Å². The lowest BCUT2D eigenvalue weighted by Crippen LogP contribution is -2.36. The second kappa shape index (κ2) is 8.00. The lowest BCUT2D eigenvalue weighted by Gasteiger charge is -2.28. The van der Waals surface area contributed by atoms with Gasteiger partial charge in [-0.15, -0.1) is 12.4 Å². The van der Waals surface area contributed by atoms with Crippen molar-refractivity contribution >= 4 is 18.3 Å². The Bertz CT molecular complexity index is 248. The van der Waals surface area contributed by atoms with Gasteiger partial charge in [-0.05, 0) is 50.6 Å². The smallest absolute Gasteiger partial charge is 0.220 e. The van der Waals surface area contributed by atoms with Crippen molar-refractivity contribution in [3.05, 3.63) is 0 Å². The molecule has 0 bridgehead atoms. The Balaban J connectivity index is 0.00000162. The Labute approximate surface area is 117 Å². The molecule has 3 nitrogen and oxygen atoms in total. The van der Waals surface area contributed by atoms with Crippen molar-refractivity contribution in [3.8, 4) is 0 Å². The summed E-state index contributed by atoms with van der Waals surface area (Å²) in [5, 5.41) is 6.58. The van der Waals surface area contributed by atoms with Crippen molar-refractivity contribution in [1.82, 2.24) is 10.6 Å². The lowest BCUT2D eigenvalue weighted by molar-refractivity contribution is -0.123. The predicted octanol–water partition coefficient (Wildman–Crippen LogP) is 2.49. The molecule has 0 aromatic heterocycles. The molecule has 4 heteroatoms. The normalized spacial score (nSPS) is 23.4. The van der Waals surface area contributed by atoms with E-state index in [1.807, 2.05) is 0 Å². The average Bonchev–Trinajstić information content (AvgIpc) is 2.82. The lowest BCUT2D eigenvalue weighted by atomic mass is 9.84. The molecule has 1 saturated carbocycles. The van der Waals surface area contributed by atoms with Crippen molar-refractivity contribution in [1.29, 1.82) is 0 Å². The zero-order valence-corrected chi connectivity index (χ0v) is 12.2. The van der Waals surface area contributed by atoms with E-state index in [2.05, 4.69) is 17.6 Å². The molecule has 2 rings (SSSR count). The molecule has 2 fully saturated rings. The maximum Gasteiger partial charge on any atom is 0.220 e. The quantitative estimate of drug-likeness (QED) is 0.827. The van der Waals surface area contributed by atoms with Gasteiger partial charge in [-0.2, -0.15) is 0 Å². The highest BCUT2D eigenvalue weighted by Crippen LogP contribution is 2.24. The molecular weight excluding hydrogens is 248 g/mol. The Kier molecular flexibility index (Phi) is 7.02. The number of piperidine rings is 1. The van der Waals surface area contributed by atoms with Crippen LogP contribution in [0.3, 0.4) is 0 Å². The number of nitrogens with one attached hydrogen (secondary N) is 2. The van der Waals surface area contributed by atoms with Crippen LogP contribution in [-0.2, 0) is 4.79 Å². The van der Waals surface area contributed by atoms with Gasteiger partial charge in [0.2, 0.25) is 5.91 Å². The fourth-order valence-corrected chi connectivity index (χ4v) is 3.23. The van der Waals surface area contributed by atoms with Crippen LogP contribution >= 0.6 is 12.4 Å². The molecule has 0 aromatic rings. The number of halogens is 1. The van der Waals surface area contributed by atoms with Crippen LogP contribution in [0, 0.1) is 11.8 Å². The van der Waals surface area contributed by atoms with Gasteiger partial charge in [0, 0.05) is 12.5 Å². The van der Waals surface area contributed by atoms with Crippen LogP contribution in [0.15, 0.2) is 0 Å². The van der Waals surface area contributed by atoms with Gasteiger partial charge in [-0.25, -0.2) is 0 Å². The minimum Gasteiger partial charge on any atom is -0.353 e. The monoisotopic (exact) mass is 274 g/mol. The standard InChI is InChI=1S/C14H26N2O.ClH/c1-11(12-6-8-15-9-7-12)10-14(17)16-13-4-2-3-5-13;/h11-13,15H,2-10H2,1H3,(H,16,17);1H. The zero-order chi connectivity index (χ0) is 12.1. The first kappa shape index (κ1) is 15.8. The second-order valence-corrected chi connectivity index (χ2v) is 5.82. The van der Waals surface area contributed by atoms with Crippen LogP contribution in [0.25, 0.3) is 0 Å². The summed E-state index contributed by atoms with van der Waals surface area (Å²) in [6.07, 6.45) is 8.14. The van der Waals surface area contributed by atoms with Crippen molar-refractivity contribution in [2.24, 2.45) is 11.8 Å². The average molecular weight is 275 g/mol. The van der Waals surface area contributed by atoms with Gasteiger partial charge in [0.25, 0.3) is 0 Å². The molecule has 0 spiro atoms. The molecule has 1 heterocycles. The van der Waals surface area contributed by atoms with Crippen LogP contribution in [0.4, 0.5) is 0 Å². The van der Waals surface area contributed by atoms with Crippen molar-refractivity contribution in [3.63, 3.8) is 0 Å². The molecule has 1 aliphatic carbocycles. The predicted molar refractivity (Wildman–Crippen MR) is 77.0 cm³/mol. The number of carbonyl (C=O) groups is 1. The molecule has 1 saturated heterocycles. The summed E-state index contributed by atoms with van der Waals surface area (Å²) < 4.78 is 0. The van der Waals surface area contributed by atoms with E-state index < -0.39 is 0 Å². The summed E-state index contributed by atoms with van der Waals surface area (Å²) in [5.41, 5.74) is 0. The van der Waals surface area contributed by atoms with E-state index in [-0.39, 0.29) is 18.3 Å². The van der Waals surface area contributed by atoms with Crippen LogP contribution in [0.2, 0.25) is 0 Å². The Morgan fingerprint density at radius 1 is 1.22 bits per heavy atom. The SMILES string of the molecule is CC(CC(=O)NC1CCCC1)C1CCNCC1.Cl. The van der Waals surface area contributed by atoms with Gasteiger partial charge >= 0.3 is 0 Å². The highest BCUT2D eigenvalue weighted by atomic mass is 35.5. The van der Waals surface area contributed by atoms with Crippen LogP contribution in [0.1, 0.15) is 51.9 Å². The summed E-state index contributed by atoms with van der Waals surface area (Å²) in [4.78, 5) is 11.9. The molecular formula is C14H27ClN2O. The second-order valence-electron chi connectivity index (χ2n) is 5.82. The summed E-state index contributed by atoms with van der Waals surface area (Å²) in [6, 6.07) is 0.475. The number of carbonyl (C=O) groups excluding carboxylic acids is 1. The first-order valence-corrected chi connectivity index (χ1v) is 7.26. The third-order valence-electron chi connectivity index (χ3n) is 4.42. The number of amides is 1. The number of rotatable bonds is 4. The van der Waals surface area contributed by atoms with Crippen LogP contribution < -0.4 is 10.6 Å². The third kappa shape index (κ3) is 4.77. The molecule has 1 aliphatic heterocycles. The largest absolute Gasteiger partial charge is 0.353 e. The van der Waals surface area contributed by atoms with E-state index >= 15 is 0 Å². The van der Waals surface area contributed by atoms with Crippen molar-refractivity contribution in [2.75, 3.05) is 13.1 Å². The highest BCUT2D eigenvalue weighted by molar-refractivity contribution is 5.85. The number of hydrogen-bond acceptors (Lipinski definition) is 2. The Morgan fingerprint density at radius 2 is 1.83 bits per heavy atom. The van der Waals surface area contributed by atoms with Gasteiger partial charge in [0.05, 0.1) is 0 Å². The van der Waals surface area contributed by atoms with E-state index in [1.54, 1.807) is 0 Å². The zero-order valence-electron chi connectivity index (χ0n) is 11.4. The summed E-state index contributed by atoms with van der Waals surface area (Å²) in [6.45, 7) is 4.49. The third-order valence-corrected chi connectivity index (χ3v) is 4.42. The summed E-state index contributed by atoms with van der Waals surface area (Å²) >= 11 is 0. The molecule has 1 amide bonds. The Morgan fingerprint density at radius 3 is 2.44 bits per heavy atom. The molecule has 0 radical (unpaired) electrons. The molecule has 18 heavy (non-hydrogen) atoms. The maximum absolute atomic E-state index is 11.9. The van der Waals surface area contributed by atoms with Gasteiger partial charge in [0.15, 0.2) is 0 Å². The van der Waals surface area contributed by atoms with Gasteiger partial charge in [-0.1, -0.05) is 19.8 Å². The topological polar surface area (TPSA) is 41.1 Å². The Hall–Kier alpha value is -0.280. The van der Waals surface area contributed by atoms with Gasteiger partial charge in [-0.3, -0.25) is 4.79 Å².